The minimum atomic E-state index is -0.508. The molecule has 0 aliphatic carbocycles. The molecule has 0 spiro atoms. The van der Waals surface area contributed by atoms with Crippen LogP contribution in [-0.4, -0.2) is 17.0 Å². The summed E-state index contributed by atoms with van der Waals surface area (Å²) >= 11 is 3.76. The summed E-state index contributed by atoms with van der Waals surface area (Å²) in [5, 5.41) is 10.7. The molecule has 4 rings (SSSR count). The number of fused-ring (bicyclic) bond motifs is 2. The van der Waals surface area contributed by atoms with E-state index >= 15 is 0 Å². The van der Waals surface area contributed by atoms with Crippen molar-refractivity contribution in [3.8, 4) is 5.75 Å². The second-order valence-electron chi connectivity index (χ2n) is 5.80. The summed E-state index contributed by atoms with van der Waals surface area (Å²) in [6.45, 7) is 2.08. The Morgan fingerprint density at radius 1 is 1.29 bits per heavy atom. The number of aliphatic hydroxyl groups is 1. The van der Waals surface area contributed by atoms with Gasteiger partial charge in [0.15, 0.2) is 0 Å². The summed E-state index contributed by atoms with van der Waals surface area (Å²) < 4.78 is 5.73. The van der Waals surface area contributed by atoms with Crippen molar-refractivity contribution < 1.29 is 9.84 Å². The third kappa shape index (κ3) is 2.50. The molecule has 0 saturated heterocycles. The van der Waals surface area contributed by atoms with Crippen LogP contribution in [0.5, 0.6) is 5.75 Å². The van der Waals surface area contributed by atoms with Crippen LogP contribution in [0.2, 0.25) is 0 Å². The topological polar surface area (TPSA) is 29.5 Å². The number of benzene rings is 1. The van der Waals surface area contributed by atoms with Crippen LogP contribution < -0.4 is 4.74 Å². The lowest BCUT2D eigenvalue weighted by molar-refractivity contribution is 0.224. The van der Waals surface area contributed by atoms with Gasteiger partial charge in [-0.15, -0.1) is 11.3 Å². The van der Waals surface area contributed by atoms with Gasteiger partial charge in [-0.25, -0.2) is 0 Å². The van der Waals surface area contributed by atoms with E-state index in [1.807, 2.05) is 23.9 Å². The average Bonchev–Trinajstić information content (AvgIpc) is 3.07. The highest BCUT2D eigenvalue weighted by atomic mass is 32.2. The predicted octanol–water partition coefficient (Wildman–Crippen LogP) is 3.94. The van der Waals surface area contributed by atoms with E-state index in [4.69, 9.17) is 4.74 Å². The van der Waals surface area contributed by atoms with Crippen LogP contribution in [0.3, 0.4) is 0 Å². The Labute approximate surface area is 133 Å². The Kier molecular flexibility index (Phi) is 3.48. The van der Waals surface area contributed by atoms with Crippen LogP contribution in [0.1, 0.15) is 39.5 Å². The summed E-state index contributed by atoms with van der Waals surface area (Å²) in [5.41, 5.74) is 3.62. The van der Waals surface area contributed by atoms with Crippen LogP contribution in [0.15, 0.2) is 24.3 Å². The maximum absolute atomic E-state index is 10.7. The average molecular weight is 318 g/mol. The lowest BCUT2D eigenvalue weighted by atomic mass is 10.0. The molecule has 110 valence electrons. The smallest absolute Gasteiger partial charge is 0.123 e. The molecular formula is C17H18O2S2. The third-order valence-electron chi connectivity index (χ3n) is 4.15. The number of thioether (sulfide) groups is 1. The minimum absolute atomic E-state index is 0.249. The minimum Gasteiger partial charge on any atom is -0.490 e. The number of aryl methyl sites for hydroxylation is 1. The SMILES string of the molecule is CC1Cc2cc(C(O)c3cc4c(s3)CCSC4)ccc2O1. The first-order valence-corrected chi connectivity index (χ1v) is 9.34. The highest BCUT2D eigenvalue weighted by Crippen LogP contribution is 2.38. The van der Waals surface area contributed by atoms with Gasteiger partial charge in [0.05, 0.1) is 0 Å². The Morgan fingerprint density at radius 3 is 3.05 bits per heavy atom. The van der Waals surface area contributed by atoms with Crippen molar-refractivity contribution in [2.45, 2.75) is 37.7 Å². The van der Waals surface area contributed by atoms with Crippen LogP contribution in [0.4, 0.5) is 0 Å². The zero-order valence-electron chi connectivity index (χ0n) is 12.0. The number of hydrogen-bond donors (Lipinski definition) is 1. The molecule has 1 aromatic carbocycles. The standard InChI is InChI=1S/C17H18O2S2/c1-10-6-12-7-11(2-3-14(12)19-10)17(18)16-8-13-9-20-5-4-15(13)21-16/h2-3,7-8,10,17-18H,4-6,9H2,1H3. The Morgan fingerprint density at radius 2 is 2.19 bits per heavy atom. The second-order valence-corrected chi connectivity index (χ2v) is 8.08. The molecule has 2 aliphatic rings. The van der Waals surface area contributed by atoms with Crippen molar-refractivity contribution in [3.05, 3.63) is 50.7 Å². The molecule has 2 unspecified atom stereocenters. The van der Waals surface area contributed by atoms with Crippen molar-refractivity contribution in [1.82, 2.24) is 0 Å². The fourth-order valence-corrected chi connectivity index (χ4v) is 5.47. The van der Waals surface area contributed by atoms with Gasteiger partial charge in [-0.3, -0.25) is 0 Å². The Hall–Kier alpha value is -0.970. The van der Waals surface area contributed by atoms with Gasteiger partial charge >= 0.3 is 0 Å². The molecule has 1 aromatic heterocycles. The summed E-state index contributed by atoms with van der Waals surface area (Å²) in [5.74, 6) is 3.27. The van der Waals surface area contributed by atoms with E-state index in [-0.39, 0.29) is 6.10 Å². The van der Waals surface area contributed by atoms with Gasteiger partial charge in [0.2, 0.25) is 0 Å². The molecule has 3 heterocycles. The first-order valence-electron chi connectivity index (χ1n) is 7.37. The van der Waals surface area contributed by atoms with E-state index in [1.165, 1.54) is 21.8 Å². The summed E-state index contributed by atoms with van der Waals surface area (Å²) in [6, 6.07) is 8.30. The highest BCUT2D eigenvalue weighted by molar-refractivity contribution is 7.98. The molecule has 2 atom stereocenters. The van der Waals surface area contributed by atoms with Crippen LogP contribution in [0, 0.1) is 0 Å². The maximum Gasteiger partial charge on any atom is 0.123 e. The maximum atomic E-state index is 10.7. The van der Waals surface area contributed by atoms with Crippen molar-refractivity contribution in [2.24, 2.45) is 0 Å². The lowest BCUT2D eigenvalue weighted by Gasteiger charge is -2.10. The molecule has 2 nitrogen and oxygen atoms in total. The summed E-state index contributed by atoms with van der Waals surface area (Å²) in [6.07, 6.45) is 1.82. The van der Waals surface area contributed by atoms with Gasteiger partial charge in [0.25, 0.3) is 0 Å². The van der Waals surface area contributed by atoms with Gasteiger partial charge in [-0.2, -0.15) is 11.8 Å². The number of aliphatic hydroxyl groups excluding tert-OH is 1. The molecule has 0 amide bonds. The van der Waals surface area contributed by atoms with Crippen molar-refractivity contribution in [3.63, 3.8) is 0 Å². The molecule has 2 aromatic rings. The number of thiophene rings is 1. The van der Waals surface area contributed by atoms with E-state index in [9.17, 15) is 5.11 Å². The van der Waals surface area contributed by atoms with E-state index in [0.29, 0.717) is 0 Å². The summed E-state index contributed by atoms with van der Waals surface area (Å²) in [7, 11) is 0. The van der Waals surface area contributed by atoms with Gasteiger partial charge in [0, 0.05) is 21.9 Å². The summed E-state index contributed by atoms with van der Waals surface area (Å²) in [4.78, 5) is 2.54. The molecule has 4 heteroatoms. The zero-order chi connectivity index (χ0) is 14.4. The van der Waals surface area contributed by atoms with Gasteiger partial charge in [0.1, 0.15) is 18.0 Å². The number of rotatable bonds is 2. The molecule has 0 fully saturated rings. The molecule has 0 saturated carbocycles. The van der Waals surface area contributed by atoms with E-state index in [2.05, 4.69) is 19.1 Å². The number of hydrogen-bond acceptors (Lipinski definition) is 4. The molecule has 2 aliphatic heterocycles. The van der Waals surface area contributed by atoms with Crippen molar-refractivity contribution in [2.75, 3.05) is 5.75 Å². The molecule has 1 N–H and O–H groups in total. The molecule has 0 radical (unpaired) electrons. The van der Waals surface area contributed by atoms with Crippen LogP contribution >= 0.6 is 23.1 Å². The van der Waals surface area contributed by atoms with Crippen LogP contribution in [0.25, 0.3) is 0 Å². The number of ether oxygens (including phenoxy) is 1. The first kappa shape index (κ1) is 13.7. The second kappa shape index (κ2) is 5.34. The van der Waals surface area contributed by atoms with E-state index in [1.54, 1.807) is 11.3 Å². The van der Waals surface area contributed by atoms with Crippen LogP contribution in [-0.2, 0) is 18.6 Å². The van der Waals surface area contributed by atoms with E-state index < -0.39 is 6.10 Å². The highest BCUT2D eigenvalue weighted by Gasteiger charge is 2.23. The third-order valence-corrected chi connectivity index (χ3v) is 6.45. The lowest BCUT2D eigenvalue weighted by Crippen LogP contribution is -2.05. The van der Waals surface area contributed by atoms with E-state index in [0.717, 1.165) is 34.8 Å². The first-order chi connectivity index (χ1) is 10.2. The van der Waals surface area contributed by atoms with Crippen molar-refractivity contribution in [1.29, 1.82) is 0 Å². The molecular weight excluding hydrogens is 300 g/mol. The normalized spacial score (nSPS) is 21.5. The molecule has 0 bridgehead atoms. The predicted molar refractivity (Wildman–Crippen MR) is 88.5 cm³/mol. The molecule has 21 heavy (non-hydrogen) atoms. The fourth-order valence-electron chi connectivity index (χ4n) is 3.08. The fraction of sp³-hybridized carbons (Fsp3) is 0.412. The Balaban J connectivity index is 1.64. The quantitative estimate of drug-likeness (QED) is 0.909. The van der Waals surface area contributed by atoms with Crippen molar-refractivity contribution >= 4 is 23.1 Å². The monoisotopic (exact) mass is 318 g/mol. The zero-order valence-corrected chi connectivity index (χ0v) is 13.6. The van der Waals surface area contributed by atoms with Gasteiger partial charge in [-0.05, 0) is 54.0 Å². The van der Waals surface area contributed by atoms with Gasteiger partial charge in [-0.1, -0.05) is 6.07 Å². The largest absolute Gasteiger partial charge is 0.490 e. The Bertz CT molecular complexity index is 654. The van der Waals surface area contributed by atoms with Gasteiger partial charge < -0.3 is 9.84 Å².